The van der Waals surface area contributed by atoms with Gasteiger partial charge in [-0.05, 0) is 55.5 Å². The minimum absolute atomic E-state index is 0.00567. The second kappa shape index (κ2) is 9.84. The highest BCUT2D eigenvalue weighted by Gasteiger charge is 2.38. The largest absolute Gasteiger partial charge is 0.486 e. The molecule has 2 fully saturated rings. The number of carbonyl (C=O) groups is 2. The standard InChI is InChI=1S/C27H30F2N2O4/c28-20-4-5-21(22(29)16-20)26(33)31-11-7-18(8-12-31)25(32)30-17-27(9-1-2-10-27)19-3-6-23-24(15-19)35-14-13-34-23/h3-6,15-16,18H,1-2,7-14,17H2,(H,30,32). The van der Waals surface area contributed by atoms with Crippen LogP contribution in [0.3, 0.4) is 0 Å². The second-order valence-corrected chi connectivity index (χ2v) is 9.75. The minimum Gasteiger partial charge on any atom is -0.486 e. The SMILES string of the molecule is O=C(NCC1(c2ccc3c(c2)OCCO3)CCCC1)C1CCN(C(=O)c2ccc(F)cc2F)CC1. The molecule has 0 radical (unpaired) electrons. The number of likely N-dealkylation sites (tertiary alicyclic amines) is 1. The van der Waals surface area contributed by atoms with Crippen molar-refractivity contribution in [2.24, 2.45) is 5.92 Å². The van der Waals surface area contributed by atoms with Crippen LogP contribution in [0.1, 0.15) is 54.4 Å². The molecule has 35 heavy (non-hydrogen) atoms. The van der Waals surface area contributed by atoms with Crippen molar-refractivity contribution in [3.63, 3.8) is 0 Å². The van der Waals surface area contributed by atoms with E-state index in [1.165, 1.54) is 16.5 Å². The van der Waals surface area contributed by atoms with Gasteiger partial charge >= 0.3 is 0 Å². The molecule has 2 amide bonds. The Balaban J connectivity index is 1.19. The van der Waals surface area contributed by atoms with E-state index in [0.29, 0.717) is 51.8 Å². The number of hydrogen-bond donors (Lipinski definition) is 1. The van der Waals surface area contributed by atoms with Gasteiger partial charge in [0, 0.05) is 37.0 Å². The first-order chi connectivity index (χ1) is 16.9. The topological polar surface area (TPSA) is 67.9 Å². The first kappa shape index (κ1) is 23.6. The summed E-state index contributed by atoms with van der Waals surface area (Å²) >= 11 is 0. The van der Waals surface area contributed by atoms with Crippen LogP contribution in [-0.2, 0) is 10.2 Å². The van der Waals surface area contributed by atoms with E-state index in [9.17, 15) is 18.4 Å². The van der Waals surface area contributed by atoms with Crippen molar-refractivity contribution >= 4 is 11.8 Å². The lowest BCUT2D eigenvalue weighted by Crippen LogP contribution is -2.46. The Bertz CT molecular complexity index is 1110. The van der Waals surface area contributed by atoms with Crippen LogP contribution in [0.25, 0.3) is 0 Å². The van der Waals surface area contributed by atoms with Gasteiger partial charge in [0.1, 0.15) is 24.8 Å². The van der Waals surface area contributed by atoms with Crippen molar-refractivity contribution in [3.05, 3.63) is 59.2 Å². The number of rotatable bonds is 5. The molecule has 6 nitrogen and oxygen atoms in total. The Hall–Kier alpha value is -3.16. The van der Waals surface area contributed by atoms with Crippen LogP contribution >= 0.6 is 0 Å². The highest BCUT2D eigenvalue weighted by Crippen LogP contribution is 2.44. The molecule has 0 unspecified atom stereocenters. The lowest BCUT2D eigenvalue weighted by atomic mass is 9.78. The third-order valence-electron chi connectivity index (χ3n) is 7.63. The number of carbonyl (C=O) groups excluding carboxylic acids is 2. The third kappa shape index (κ3) is 4.83. The number of ether oxygens (including phenoxy) is 2. The minimum atomic E-state index is -0.865. The molecule has 2 aliphatic heterocycles. The maximum absolute atomic E-state index is 14.0. The Labute approximate surface area is 203 Å². The summed E-state index contributed by atoms with van der Waals surface area (Å²) in [6, 6.07) is 9.08. The summed E-state index contributed by atoms with van der Waals surface area (Å²) in [6.07, 6.45) is 5.26. The van der Waals surface area contributed by atoms with Gasteiger partial charge in [-0.2, -0.15) is 0 Å². The van der Waals surface area contributed by atoms with Gasteiger partial charge < -0.3 is 19.7 Å². The molecule has 1 aliphatic carbocycles. The molecule has 8 heteroatoms. The van der Waals surface area contributed by atoms with Gasteiger partial charge in [-0.15, -0.1) is 0 Å². The van der Waals surface area contributed by atoms with Gasteiger partial charge in [-0.3, -0.25) is 9.59 Å². The summed E-state index contributed by atoms with van der Waals surface area (Å²) in [5.74, 6) is -0.726. The summed E-state index contributed by atoms with van der Waals surface area (Å²) in [4.78, 5) is 27.2. The molecule has 2 heterocycles. The van der Waals surface area contributed by atoms with E-state index >= 15 is 0 Å². The molecule has 1 N–H and O–H groups in total. The van der Waals surface area contributed by atoms with Gasteiger partial charge in [0.2, 0.25) is 5.91 Å². The van der Waals surface area contributed by atoms with Gasteiger partial charge in [-0.1, -0.05) is 18.9 Å². The molecule has 3 aliphatic rings. The lowest BCUT2D eigenvalue weighted by molar-refractivity contribution is -0.126. The van der Waals surface area contributed by atoms with Crippen molar-refractivity contribution in [1.82, 2.24) is 10.2 Å². The van der Waals surface area contributed by atoms with Crippen LogP contribution in [0.4, 0.5) is 8.78 Å². The van der Waals surface area contributed by atoms with Crippen molar-refractivity contribution in [1.29, 1.82) is 0 Å². The number of amides is 2. The Morgan fingerprint density at radius 2 is 1.69 bits per heavy atom. The predicted molar refractivity (Wildman–Crippen MR) is 126 cm³/mol. The molecular weight excluding hydrogens is 454 g/mol. The highest BCUT2D eigenvalue weighted by molar-refractivity contribution is 5.94. The zero-order valence-electron chi connectivity index (χ0n) is 19.7. The molecule has 5 rings (SSSR count). The highest BCUT2D eigenvalue weighted by atomic mass is 19.1. The van der Waals surface area contributed by atoms with Crippen molar-refractivity contribution in [3.8, 4) is 11.5 Å². The smallest absolute Gasteiger partial charge is 0.256 e. The van der Waals surface area contributed by atoms with E-state index in [1.54, 1.807) is 0 Å². The van der Waals surface area contributed by atoms with Gasteiger partial charge in [0.05, 0.1) is 5.56 Å². The Morgan fingerprint density at radius 3 is 2.40 bits per heavy atom. The average Bonchev–Trinajstić information content (AvgIpc) is 3.37. The molecule has 0 bridgehead atoms. The first-order valence-electron chi connectivity index (χ1n) is 12.4. The maximum atomic E-state index is 14.0. The Morgan fingerprint density at radius 1 is 0.971 bits per heavy atom. The quantitative estimate of drug-likeness (QED) is 0.690. The van der Waals surface area contributed by atoms with E-state index in [2.05, 4.69) is 17.4 Å². The molecule has 1 saturated carbocycles. The molecule has 0 aromatic heterocycles. The molecule has 2 aromatic carbocycles. The van der Waals surface area contributed by atoms with Crippen LogP contribution in [0.2, 0.25) is 0 Å². The van der Waals surface area contributed by atoms with Crippen molar-refractivity contribution < 1.29 is 27.8 Å². The number of fused-ring (bicyclic) bond motifs is 1. The molecule has 1 saturated heterocycles. The number of nitrogens with zero attached hydrogens (tertiary/aromatic N) is 1. The molecule has 2 aromatic rings. The van der Waals surface area contributed by atoms with Crippen LogP contribution in [-0.4, -0.2) is 49.6 Å². The number of benzene rings is 2. The summed E-state index contributed by atoms with van der Waals surface area (Å²) in [6.45, 7) is 2.37. The fourth-order valence-corrected chi connectivity index (χ4v) is 5.57. The Kier molecular flexibility index (Phi) is 6.62. The summed E-state index contributed by atoms with van der Waals surface area (Å²) in [7, 11) is 0. The predicted octanol–water partition coefficient (Wildman–Crippen LogP) is 4.22. The van der Waals surface area contributed by atoms with E-state index < -0.39 is 17.5 Å². The first-order valence-corrected chi connectivity index (χ1v) is 12.4. The normalized spacial score (nSPS) is 19.4. The molecule has 186 valence electrons. The summed E-state index contributed by atoms with van der Waals surface area (Å²) in [5.41, 5.74) is 0.903. The van der Waals surface area contributed by atoms with Gasteiger partial charge in [-0.25, -0.2) is 8.78 Å². The summed E-state index contributed by atoms with van der Waals surface area (Å²) in [5, 5.41) is 3.19. The van der Waals surface area contributed by atoms with Crippen molar-refractivity contribution in [2.75, 3.05) is 32.8 Å². The van der Waals surface area contributed by atoms with E-state index in [1.807, 2.05) is 6.07 Å². The summed E-state index contributed by atoms with van der Waals surface area (Å²) < 4.78 is 38.6. The van der Waals surface area contributed by atoms with Crippen LogP contribution in [0.15, 0.2) is 36.4 Å². The van der Waals surface area contributed by atoms with E-state index in [-0.39, 0.29) is 22.8 Å². The number of hydrogen-bond acceptors (Lipinski definition) is 4. The van der Waals surface area contributed by atoms with E-state index in [0.717, 1.165) is 43.2 Å². The van der Waals surface area contributed by atoms with Gasteiger partial charge in [0.15, 0.2) is 11.5 Å². The average molecular weight is 485 g/mol. The monoisotopic (exact) mass is 484 g/mol. The number of nitrogens with one attached hydrogen (secondary N) is 1. The second-order valence-electron chi connectivity index (χ2n) is 9.75. The van der Waals surface area contributed by atoms with Crippen molar-refractivity contribution in [2.45, 2.75) is 43.9 Å². The molecule has 0 atom stereocenters. The fourth-order valence-electron chi connectivity index (χ4n) is 5.57. The number of piperidine rings is 1. The van der Waals surface area contributed by atoms with Crippen LogP contribution in [0, 0.1) is 17.6 Å². The number of halogens is 2. The molecule has 0 spiro atoms. The lowest BCUT2D eigenvalue weighted by Gasteiger charge is -2.34. The zero-order valence-corrected chi connectivity index (χ0v) is 19.7. The van der Waals surface area contributed by atoms with Crippen LogP contribution < -0.4 is 14.8 Å². The van der Waals surface area contributed by atoms with Gasteiger partial charge in [0.25, 0.3) is 5.91 Å². The maximum Gasteiger partial charge on any atom is 0.256 e. The third-order valence-corrected chi connectivity index (χ3v) is 7.63. The molecular formula is C27H30F2N2O4. The van der Waals surface area contributed by atoms with Crippen LogP contribution in [0.5, 0.6) is 11.5 Å². The van der Waals surface area contributed by atoms with E-state index in [4.69, 9.17) is 9.47 Å². The fraction of sp³-hybridized carbons (Fsp3) is 0.481. The zero-order chi connectivity index (χ0) is 24.4.